The van der Waals surface area contributed by atoms with Crippen molar-refractivity contribution in [1.82, 2.24) is 14.6 Å². The lowest BCUT2D eigenvalue weighted by Gasteiger charge is -2.20. The molecule has 1 N–H and O–H groups in total. The molecule has 6 heteroatoms. The molecule has 1 aromatic rings. The fourth-order valence-electron chi connectivity index (χ4n) is 2.12. The molecular formula is C15H27N3O2S. The summed E-state index contributed by atoms with van der Waals surface area (Å²) in [5.41, 5.74) is 1.71. The zero-order chi connectivity index (χ0) is 15.7. The summed E-state index contributed by atoms with van der Waals surface area (Å²) in [5.74, 6) is 0.206. The van der Waals surface area contributed by atoms with Crippen LogP contribution in [0.3, 0.4) is 0 Å². The molecule has 1 aromatic heterocycles. The summed E-state index contributed by atoms with van der Waals surface area (Å²) < 4.78 is 26.2. The third kappa shape index (κ3) is 6.54. The van der Waals surface area contributed by atoms with Crippen LogP contribution in [-0.2, 0) is 16.6 Å². The van der Waals surface area contributed by atoms with Gasteiger partial charge in [0.15, 0.2) is 0 Å². The first-order valence-corrected chi connectivity index (χ1v) is 9.21. The van der Waals surface area contributed by atoms with Gasteiger partial charge in [-0.1, -0.05) is 19.9 Å². The first-order valence-electron chi connectivity index (χ1n) is 7.60. The van der Waals surface area contributed by atoms with E-state index in [0.717, 1.165) is 30.9 Å². The highest BCUT2D eigenvalue weighted by Gasteiger charge is 2.20. The number of sulfonamides is 1. The Balaban J connectivity index is 2.57. The Kier molecular flexibility index (Phi) is 7.85. The summed E-state index contributed by atoms with van der Waals surface area (Å²) >= 11 is 0. The van der Waals surface area contributed by atoms with Crippen LogP contribution in [0.25, 0.3) is 0 Å². The number of aryl methyl sites for hydroxylation is 1. The molecule has 0 saturated heterocycles. The minimum Gasteiger partial charge on any atom is -0.317 e. The Bertz CT molecular complexity index is 517. The molecule has 0 aliphatic carbocycles. The summed E-state index contributed by atoms with van der Waals surface area (Å²) in [6, 6.07) is 5.69. The second kappa shape index (κ2) is 9.12. The highest BCUT2D eigenvalue weighted by Crippen LogP contribution is 2.10. The van der Waals surface area contributed by atoms with Crippen molar-refractivity contribution in [3.05, 3.63) is 29.6 Å². The van der Waals surface area contributed by atoms with Crippen molar-refractivity contribution in [2.45, 2.75) is 40.2 Å². The summed E-state index contributed by atoms with van der Waals surface area (Å²) in [4.78, 5) is 4.38. The molecule has 0 aliphatic rings. The normalized spacial score (nSPS) is 12.0. The first kappa shape index (κ1) is 18.1. The molecule has 1 heterocycles. The number of pyridine rings is 1. The molecule has 0 bridgehead atoms. The van der Waals surface area contributed by atoms with Gasteiger partial charge in [-0.3, -0.25) is 4.98 Å². The maximum atomic E-state index is 12.4. The van der Waals surface area contributed by atoms with Gasteiger partial charge in [0.1, 0.15) is 0 Å². The van der Waals surface area contributed by atoms with E-state index in [1.165, 1.54) is 4.31 Å². The molecule has 0 saturated carbocycles. The molecule has 0 radical (unpaired) electrons. The quantitative estimate of drug-likeness (QED) is 0.671. The second-order valence-corrected chi connectivity index (χ2v) is 7.16. The summed E-state index contributed by atoms with van der Waals surface area (Å²) in [5, 5.41) is 3.21. The van der Waals surface area contributed by atoms with Gasteiger partial charge < -0.3 is 5.32 Å². The van der Waals surface area contributed by atoms with E-state index in [2.05, 4.69) is 10.3 Å². The van der Waals surface area contributed by atoms with Gasteiger partial charge in [0, 0.05) is 12.2 Å². The monoisotopic (exact) mass is 313 g/mol. The van der Waals surface area contributed by atoms with Crippen LogP contribution in [0.2, 0.25) is 0 Å². The van der Waals surface area contributed by atoms with Gasteiger partial charge in [-0.2, -0.15) is 4.31 Å². The van der Waals surface area contributed by atoms with E-state index in [4.69, 9.17) is 0 Å². The van der Waals surface area contributed by atoms with Crippen molar-refractivity contribution < 1.29 is 8.42 Å². The maximum absolute atomic E-state index is 12.4. The molecule has 0 aromatic carbocycles. The Morgan fingerprint density at radius 1 is 1.24 bits per heavy atom. The number of aromatic nitrogens is 1. The number of nitrogens with zero attached hydrogens (tertiary/aromatic N) is 2. The molecule has 0 fully saturated rings. The molecule has 21 heavy (non-hydrogen) atoms. The predicted octanol–water partition coefficient (Wildman–Crippen LogP) is 1.93. The number of unbranched alkanes of at least 4 members (excludes halogenated alkanes) is 1. The Morgan fingerprint density at radius 3 is 2.62 bits per heavy atom. The second-order valence-electron chi connectivity index (χ2n) is 5.07. The number of nitrogens with one attached hydrogen (secondary N) is 1. The molecule has 0 spiro atoms. The predicted molar refractivity (Wildman–Crippen MR) is 86.6 cm³/mol. The number of hydrogen-bond acceptors (Lipinski definition) is 4. The average Bonchev–Trinajstić information content (AvgIpc) is 2.44. The van der Waals surface area contributed by atoms with Crippen LogP contribution in [0, 0.1) is 6.92 Å². The Hall–Kier alpha value is -0.980. The van der Waals surface area contributed by atoms with E-state index in [-0.39, 0.29) is 5.75 Å². The van der Waals surface area contributed by atoms with Gasteiger partial charge >= 0.3 is 0 Å². The fourth-order valence-corrected chi connectivity index (χ4v) is 3.66. The molecule has 5 nitrogen and oxygen atoms in total. The molecule has 0 unspecified atom stereocenters. The molecular weight excluding hydrogens is 286 g/mol. The van der Waals surface area contributed by atoms with Crippen LogP contribution >= 0.6 is 0 Å². The third-order valence-electron chi connectivity index (χ3n) is 3.29. The van der Waals surface area contributed by atoms with Crippen molar-refractivity contribution in [3.8, 4) is 0 Å². The standard InChI is InChI=1S/C15H27N3O2S/c1-4-16-11-6-7-12-21(19,20)18(5-2)13-15-10-8-9-14(3)17-15/h8-10,16H,4-7,11-13H2,1-3H3. The van der Waals surface area contributed by atoms with Crippen molar-refractivity contribution >= 4 is 10.0 Å². The van der Waals surface area contributed by atoms with Crippen LogP contribution in [-0.4, -0.2) is 43.1 Å². The lowest BCUT2D eigenvalue weighted by molar-refractivity contribution is 0.417. The lowest BCUT2D eigenvalue weighted by Crippen LogP contribution is -2.33. The van der Waals surface area contributed by atoms with E-state index in [1.54, 1.807) is 0 Å². The van der Waals surface area contributed by atoms with Crippen LogP contribution < -0.4 is 5.32 Å². The SMILES string of the molecule is CCNCCCCS(=O)(=O)N(CC)Cc1cccc(C)n1. The number of hydrogen-bond donors (Lipinski definition) is 1. The van der Waals surface area contributed by atoms with Crippen molar-refractivity contribution in [2.24, 2.45) is 0 Å². The molecule has 0 aliphatic heterocycles. The topological polar surface area (TPSA) is 62.3 Å². The zero-order valence-electron chi connectivity index (χ0n) is 13.3. The van der Waals surface area contributed by atoms with Gasteiger partial charge in [-0.05, 0) is 45.0 Å². The Morgan fingerprint density at radius 2 is 2.00 bits per heavy atom. The van der Waals surface area contributed by atoms with Crippen LogP contribution in [0.4, 0.5) is 0 Å². The van der Waals surface area contributed by atoms with E-state index < -0.39 is 10.0 Å². The summed E-state index contributed by atoms with van der Waals surface area (Å²) in [6.07, 6.45) is 1.57. The molecule has 0 amide bonds. The highest BCUT2D eigenvalue weighted by molar-refractivity contribution is 7.89. The van der Waals surface area contributed by atoms with Crippen LogP contribution in [0.1, 0.15) is 38.1 Å². The van der Waals surface area contributed by atoms with E-state index in [0.29, 0.717) is 19.5 Å². The largest absolute Gasteiger partial charge is 0.317 e. The zero-order valence-corrected chi connectivity index (χ0v) is 14.1. The van der Waals surface area contributed by atoms with Crippen molar-refractivity contribution in [2.75, 3.05) is 25.4 Å². The minimum absolute atomic E-state index is 0.206. The van der Waals surface area contributed by atoms with Crippen LogP contribution in [0.5, 0.6) is 0 Å². The molecule has 120 valence electrons. The van der Waals surface area contributed by atoms with E-state index >= 15 is 0 Å². The number of rotatable bonds is 10. The third-order valence-corrected chi connectivity index (χ3v) is 5.26. The smallest absolute Gasteiger partial charge is 0.214 e. The van der Waals surface area contributed by atoms with Gasteiger partial charge in [0.05, 0.1) is 18.0 Å². The van der Waals surface area contributed by atoms with Gasteiger partial charge in [0.2, 0.25) is 10.0 Å². The fraction of sp³-hybridized carbons (Fsp3) is 0.667. The van der Waals surface area contributed by atoms with Gasteiger partial charge in [0.25, 0.3) is 0 Å². The van der Waals surface area contributed by atoms with Gasteiger partial charge in [-0.15, -0.1) is 0 Å². The average molecular weight is 313 g/mol. The first-order chi connectivity index (χ1) is 9.99. The maximum Gasteiger partial charge on any atom is 0.214 e. The molecule has 0 atom stereocenters. The van der Waals surface area contributed by atoms with Crippen LogP contribution in [0.15, 0.2) is 18.2 Å². The van der Waals surface area contributed by atoms with E-state index in [1.807, 2.05) is 39.0 Å². The van der Waals surface area contributed by atoms with Crippen molar-refractivity contribution in [3.63, 3.8) is 0 Å². The summed E-state index contributed by atoms with van der Waals surface area (Å²) in [7, 11) is -3.21. The van der Waals surface area contributed by atoms with Gasteiger partial charge in [-0.25, -0.2) is 8.42 Å². The Labute approximate surface area is 128 Å². The minimum atomic E-state index is -3.21. The lowest BCUT2D eigenvalue weighted by atomic mass is 10.3. The highest BCUT2D eigenvalue weighted by atomic mass is 32.2. The molecule has 1 rings (SSSR count). The van der Waals surface area contributed by atoms with Crippen molar-refractivity contribution in [1.29, 1.82) is 0 Å². The van der Waals surface area contributed by atoms with E-state index in [9.17, 15) is 8.42 Å². The summed E-state index contributed by atoms with van der Waals surface area (Å²) in [6.45, 7) is 8.45.